The molecule has 0 radical (unpaired) electrons. The number of benzene rings is 1. The molecule has 0 saturated carbocycles. The molecule has 114 valence electrons. The highest BCUT2D eigenvalue weighted by atomic mass is 35.5. The van der Waals surface area contributed by atoms with Crippen molar-refractivity contribution in [3.8, 4) is 0 Å². The first kappa shape index (κ1) is 17.5. The summed E-state index contributed by atoms with van der Waals surface area (Å²) >= 11 is 6.21. The van der Waals surface area contributed by atoms with E-state index in [0.717, 1.165) is 18.1 Å². The van der Waals surface area contributed by atoms with E-state index in [1.807, 2.05) is 6.07 Å². The second-order valence-electron chi connectivity index (χ2n) is 5.75. The molecule has 0 atom stereocenters. The summed E-state index contributed by atoms with van der Waals surface area (Å²) in [6.45, 7) is 6.32. The van der Waals surface area contributed by atoms with Crippen LogP contribution in [0.3, 0.4) is 0 Å². The molecule has 0 aromatic heterocycles. The van der Waals surface area contributed by atoms with Gasteiger partial charge in [-0.05, 0) is 37.1 Å². The first-order valence-corrected chi connectivity index (χ1v) is 8.57. The van der Waals surface area contributed by atoms with Gasteiger partial charge in [-0.2, -0.15) is 0 Å². The van der Waals surface area contributed by atoms with Crippen molar-refractivity contribution in [3.05, 3.63) is 34.3 Å². The Kier molecular flexibility index (Phi) is 9.78. The van der Waals surface area contributed by atoms with Crippen molar-refractivity contribution >= 4 is 11.6 Å². The quantitative estimate of drug-likeness (QED) is 0.503. The average Bonchev–Trinajstić information content (AvgIpc) is 2.43. The van der Waals surface area contributed by atoms with Crippen molar-refractivity contribution < 1.29 is 0 Å². The fourth-order valence-electron chi connectivity index (χ4n) is 2.40. The zero-order chi connectivity index (χ0) is 14.6. The van der Waals surface area contributed by atoms with Crippen LogP contribution in [0.1, 0.15) is 69.4 Å². The molecule has 1 aromatic rings. The Balaban J connectivity index is 1.97. The van der Waals surface area contributed by atoms with Crippen LogP contribution in [0.4, 0.5) is 0 Å². The normalized spacial score (nSPS) is 10.9. The highest BCUT2D eigenvalue weighted by Crippen LogP contribution is 2.17. The fourth-order valence-corrected chi connectivity index (χ4v) is 2.70. The predicted molar refractivity (Wildman–Crippen MR) is 90.5 cm³/mol. The molecule has 0 heterocycles. The molecule has 0 saturated heterocycles. The molecule has 0 bridgehead atoms. The SMILES string of the molecule is CCCCCCCCCCNCc1ccc(C)cc1Cl. The van der Waals surface area contributed by atoms with E-state index in [0.29, 0.717) is 0 Å². The summed E-state index contributed by atoms with van der Waals surface area (Å²) in [5, 5.41) is 4.37. The third-order valence-corrected chi connectivity index (χ3v) is 4.08. The summed E-state index contributed by atoms with van der Waals surface area (Å²) in [7, 11) is 0. The molecule has 1 rings (SSSR count). The predicted octanol–water partition coefficient (Wildman–Crippen LogP) is 5.88. The van der Waals surface area contributed by atoms with Gasteiger partial charge in [0, 0.05) is 11.6 Å². The number of hydrogen-bond donors (Lipinski definition) is 1. The molecule has 0 amide bonds. The average molecular weight is 296 g/mol. The largest absolute Gasteiger partial charge is 0.313 e. The van der Waals surface area contributed by atoms with E-state index in [4.69, 9.17) is 11.6 Å². The van der Waals surface area contributed by atoms with E-state index in [-0.39, 0.29) is 0 Å². The lowest BCUT2D eigenvalue weighted by Gasteiger charge is -2.07. The summed E-state index contributed by atoms with van der Waals surface area (Å²) in [5.41, 5.74) is 2.43. The summed E-state index contributed by atoms with van der Waals surface area (Å²) in [4.78, 5) is 0. The molecular weight excluding hydrogens is 266 g/mol. The number of halogens is 1. The number of hydrogen-bond acceptors (Lipinski definition) is 1. The zero-order valence-corrected chi connectivity index (χ0v) is 13.9. The van der Waals surface area contributed by atoms with Gasteiger partial charge in [-0.25, -0.2) is 0 Å². The number of aryl methyl sites for hydroxylation is 1. The van der Waals surface area contributed by atoms with Crippen LogP contribution in [0.15, 0.2) is 18.2 Å². The minimum absolute atomic E-state index is 0.883. The second kappa shape index (κ2) is 11.2. The third-order valence-electron chi connectivity index (χ3n) is 3.73. The van der Waals surface area contributed by atoms with Crippen molar-refractivity contribution in [3.63, 3.8) is 0 Å². The Morgan fingerprint density at radius 3 is 2.25 bits per heavy atom. The van der Waals surface area contributed by atoms with Gasteiger partial charge in [0.15, 0.2) is 0 Å². The molecule has 0 aliphatic carbocycles. The lowest BCUT2D eigenvalue weighted by molar-refractivity contribution is 0.555. The van der Waals surface area contributed by atoms with Gasteiger partial charge in [0.2, 0.25) is 0 Å². The second-order valence-corrected chi connectivity index (χ2v) is 6.15. The van der Waals surface area contributed by atoms with Crippen molar-refractivity contribution in [1.82, 2.24) is 5.32 Å². The Labute approximate surface area is 130 Å². The summed E-state index contributed by atoms with van der Waals surface area (Å²) in [6, 6.07) is 6.28. The summed E-state index contributed by atoms with van der Waals surface area (Å²) < 4.78 is 0. The maximum Gasteiger partial charge on any atom is 0.0453 e. The van der Waals surface area contributed by atoms with Gasteiger partial charge in [0.05, 0.1) is 0 Å². The maximum absolute atomic E-state index is 6.21. The Morgan fingerprint density at radius 2 is 1.60 bits per heavy atom. The van der Waals surface area contributed by atoms with Gasteiger partial charge in [-0.15, -0.1) is 0 Å². The van der Waals surface area contributed by atoms with E-state index in [9.17, 15) is 0 Å². The van der Waals surface area contributed by atoms with Gasteiger partial charge in [-0.1, -0.05) is 75.6 Å². The summed E-state index contributed by atoms with van der Waals surface area (Å²) in [5.74, 6) is 0. The highest BCUT2D eigenvalue weighted by Gasteiger charge is 1.99. The smallest absolute Gasteiger partial charge is 0.0453 e. The number of nitrogens with one attached hydrogen (secondary N) is 1. The molecule has 0 fully saturated rings. The molecular formula is C18H30ClN. The zero-order valence-electron chi connectivity index (χ0n) is 13.2. The lowest BCUT2D eigenvalue weighted by Crippen LogP contribution is -2.14. The van der Waals surface area contributed by atoms with Crippen LogP contribution >= 0.6 is 11.6 Å². The fraction of sp³-hybridized carbons (Fsp3) is 0.667. The van der Waals surface area contributed by atoms with Crippen LogP contribution in [0, 0.1) is 6.92 Å². The maximum atomic E-state index is 6.21. The van der Waals surface area contributed by atoms with Crippen LogP contribution in [0.5, 0.6) is 0 Å². The number of unbranched alkanes of at least 4 members (excludes halogenated alkanes) is 7. The molecule has 0 aliphatic rings. The van der Waals surface area contributed by atoms with Crippen LogP contribution < -0.4 is 5.32 Å². The molecule has 0 unspecified atom stereocenters. The van der Waals surface area contributed by atoms with Crippen LogP contribution in [0.2, 0.25) is 5.02 Å². The molecule has 0 spiro atoms. The molecule has 2 heteroatoms. The third kappa shape index (κ3) is 7.91. The van der Waals surface area contributed by atoms with Gasteiger partial charge in [0.25, 0.3) is 0 Å². The molecule has 1 nitrogen and oxygen atoms in total. The van der Waals surface area contributed by atoms with E-state index < -0.39 is 0 Å². The Bertz CT molecular complexity index is 362. The van der Waals surface area contributed by atoms with Crippen molar-refractivity contribution in [2.75, 3.05) is 6.54 Å². The van der Waals surface area contributed by atoms with E-state index in [1.165, 1.54) is 62.5 Å². The van der Waals surface area contributed by atoms with E-state index in [1.54, 1.807) is 0 Å². The van der Waals surface area contributed by atoms with Crippen LogP contribution in [0.25, 0.3) is 0 Å². The van der Waals surface area contributed by atoms with E-state index >= 15 is 0 Å². The van der Waals surface area contributed by atoms with Gasteiger partial charge >= 0.3 is 0 Å². The van der Waals surface area contributed by atoms with Crippen molar-refractivity contribution in [2.45, 2.75) is 71.8 Å². The topological polar surface area (TPSA) is 12.0 Å². The van der Waals surface area contributed by atoms with Crippen molar-refractivity contribution in [1.29, 1.82) is 0 Å². The van der Waals surface area contributed by atoms with Gasteiger partial charge < -0.3 is 5.32 Å². The van der Waals surface area contributed by atoms with Gasteiger partial charge in [-0.3, -0.25) is 0 Å². The molecule has 1 N–H and O–H groups in total. The standard InChI is InChI=1S/C18H30ClN/c1-3-4-5-6-7-8-9-10-13-20-15-17-12-11-16(2)14-18(17)19/h11-12,14,20H,3-10,13,15H2,1-2H3. The first-order valence-electron chi connectivity index (χ1n) is 8.19. The number of rotatable bonds is 11. The minimum atomic E-state index is 0.883. The first-order chi connectivity index (χ1) is 9.74. The minimum Gasteiger partial charge on any atom is -0.313 e. The van der Waals surface area contributed by atoms with Gasteiger partial charge in [0.1, 0.15) is 0 Å². The molecule has 0 aliphatic heterocycles. The highest BCUT2D eigenvalue weighted by molar-refractivity contribution is 6.31. The Morgan fingerprint density at radius 1 is 0.950 bits per heavy atom. The Hall–Kier alpha value is -0.530. The monoisotopic (exact) mass is 295 g/mol. The summed E-state index contributed by atoms with van der Waals surface area (Å²) in [6.07, 6.45) is 11.0. The van der Waals surface area contributed by atoms with Crippen molar-refractivity contribution in [2.24, 2.45) is 0 Å². The van der Waals surface area contributed by atoms with Crippen LogP contribution in [-0.4, -0.2) is 6.54 Å². The lowest BCUT2D eigenvalue weighted by atomic mass is 10.1. The molecule has 20 heavy (non-hydrogen) atoms. The molecule has 1 aromatic carbocycles. The van der Waals surface area contributed by atoms with Crippen LogP contribution in [-0.2, 0) is 6.54 Å². The van der Waals surface area contributed by atoms with E-state index in [2.05, 4.69) is 31.3 Å².